The molecule has 0 rings (SSSR count). The summed E-state index contributed by atoms with van der Waals surface area (Å²) in [6, 6.07) is 0. The third-order valence-electron chi connectivity index (χ3n) is 16.9. The number of rotatable bonds is 60. The Balaban J connectivity index is 5.91. The van der Waals surface area contributed by atoms with Gasteiger partial charge in [0, 0.05) is 39.3 Å². The summed E-state index contributed by atoms with van der Waals surface area (Å²) < 4.78 is 0. The predicted molar refractivity (Wildman–Crippen MR) is 342 cm³/mol. The molecule has 0 saturated heterocycles. The second-order valence-electron chi connectivity index (χ2n) is 25.1. The van der Waals surface area contributed by atoms with Crippen LogP contribution in [-0.4, -0.2) is 141 Å². The van der Waals surface area contributed by atoms with Crippen LogP contribution in [0.25, 0.3) is 0 Å². The molecule has 0 aliphatic rings. The molecule has 15 nitrogen and oxygen atoms in total. The van der Waals surface area contributed by atoms with Crippen molar-refractivity contribution in [2.24, 2.45) is 0 Å². The van der Waals surface area contributed by atoms with E-state index in [1.54, 1.807) is 0 Å². The van der Waals surface area contributed by atoms with Crippen LogP contribution in [0.5, 0.6) is 0 Å². The van der Waals surface area contributed by atoms with Crippen LogP contribution in [0.1, 0.15) is 325 Å². The van der Waals surface area contributed by atoms with Gasteiger partial charge in [-0.15, -0.1) is 0 Å². The second-order valence-corrected chi connectivity index (χ2v) is 25.1. The Bertz CT molecular complexity index is 1340. The lowest BCUT2D eigenvalue weighted by Gasteiger charge is -2.44. The van der Waals surface area contributed by atoms with E-state index in [0.29, 0.717) is 52.1 Å². The summed E-state index contributed by atoms with van der Waals surface area (Å²) in [6.45, 7) is 16.6. The van der Waals surface area contributed by atoms with Gasteiger partial charge in [0.1, 0.15) is 0 Å². The molecule has 486 valence electrons. The standard InChI is InChI=1S/C67H135N7O8/c1-10-14-18-22-26-30-34-38-42-46-52-68-60(75)64(5,79)73(65(6,80)61(76)69-53-47-43-39-35-31-27-23-19-15-11-2)58-50-56-72(9)57-51-59-74(66(7,81)62(77)70-54-48-44-40-36-32-28-24-20-16-12-3)67(8,82)63(78)71-55-49-45-41-37-33-29-25-21-17-13-4/h79-82H,10-59H2,1-9H3,(H,68,75)(H,69,76)(H,70,77)(H,71,78). The summed E-state index contributed by atoms with van der Waals surface area (Å²) in [4.78, 5) is 59.6. The third-order valence-corrected chi connectivity index (χ3v) is 16.9. The summed E-state index contributed by atoms with van der Waals surface area (Å²) >= 11 is 0. The highest BCUT2D eigenvalue weighted by Gasteiger charge is 2.51. The number of hydrogen-bond acceptors (Lipinski definition) is 11. The fourth-order valence-corrected chi connectivity index (χ4v) is 11.2. The van der Waals surface area contributed by atoms with Gasteiger partial charge < -0.3 is 46.6 Å². The average Bonchev–Trinajstić information content (AvgIpc) is 3.61. The number of carbonyl (C=O) groups is 4. The van der Waals surface area contributed by atoms with Gasteiger partial charge in [0.25, 0.3) is 23.6 Å². The largest absolute Gasteiger partial charge is 0.367 e. The number of nitrogens with zero attached hydrogens (tertiary/aromatic N) is 3. The maximum Gasteiger partial charge on any atom is 0.267 e. The monoisotopic (exact) mass is 1170 g/mol. The second kappa shape index (κ2) is 50.7. The minimum absolute atomic E-state index is 0.00429. The van der Waals surface area contributed by atoms with E-state index in [1.807, 2.05) is 11.9 Å². The van der Waals surface area contributed by atoms with Crippen molar-refractivity contribution in [1.82, 2.24) is 36.0 Å². The molecule has 0 fully saturated rings. The van der Waals surface area contributed by atoms with Crippen LogP contribution in [0, 0.1) is 0 Å². The van der Waals surface area contributed by atoms with Gasteiger partial charge in [0.2, 0.25) is 0 Å². The Kier molecular flexibility index (Phi) is 49.2. The minimum atomic E-state index is -2.23. The molecule has 4 atom stereocenters. The van der Waals surface area contributed by atoms with Gasteiger partial charge in [-0.2, -0.15) is 0 Å². The van der Waals surface area contributed by atoms with Gasteiger partial charge in [-0.05, 0) is 86.4 Å². The van der Waals surface area contributed by atoms with Gasteiger partial charge in [0.05, 0.1) is 0 Å². The van der Waals surface area contributed by atoms with Crippen molar-refractivity contribution in [3.05, 3.63) is 0 Å². The van der Waals surface area contributed by atoms with Crippen molar-refractivity contribution < 1.29 is 39.6 Å². The summed E-state index contributed by atoms with van der Waals surface area (Å²) in [5.74, 6) is -2.73. The SMILES string of the molecule is CCCCCCCCCCCCNC(=O)C(C)(O)N(CCCN(C)CCCN(C(C)(O)C(=O)NCCCCCCCCCCCC)C(C)(O)C(=O)NCCCCCCCCCCCC)C(C)(O)C(=O)NCCCCCCCCCCCC. The Labute approximate surface area is 504 Å². The molecule has 0 bridgehead atoms. The summed E-state index contributed by atoms with van der Waals surface area (Å²) in [5, 5.41) is 59.5. The van der Waals surface area contributed by atoms with Crippen LogP contribution in [0.4, 0.5) is 0 Å². The Morgan fingerprint density at radius 3 is 0.598 bits per heavy atom. The fourth-order valence-electron chi connectivity index (χ4n) is 11.2. The molecule has 0 aliphatic heterocycles. The molecule has 0 aliphatic carbocycles. The van der Waals surface area contributed by atoms with Crippen molar-refractivity contribution in [2.45, 2.75) is 348 Å². The van der Waals surface area contributed by atoms with E-state index in [4.69, 9.17) is 0 Å². The van der Waals surface area contributed by atoms with Crippen molar-refractivity contribution >= 4 is 23.6 Å². The fraction of sp³-hybridized carbons (Fsp3) is 0.940. The Morgan fingerprint density at radius 2 is 0.427 bits per heavy atom. The van der Waals surface area contributed by atoms with Crippen LogP contribution < -0.4 is 21.3 Å². The average molecular weight is 1170 g/mol. The van der Waals surface area contributed by atoms with Gasteiger partial charge >= 0.3 is 0 Å². The molecule has 82 heavy (non-hydrogen) atoms. The molecule has 0 heterocycles. The highest BCUT2D eigenvalue weighted by molar-refractivity contribution is 5.88. The van der Waals surface area contributed by atoms with E-state index in [-0.39, 0.29) is 13.1 Å². The first kappa shape index (κ1) is 79.6. The zero-order valence-electron chi connectivity index (χ0n) is 55.1. The molecule has 4 amide bonds. The summed E-state index contributed by atoms with van der Waals surface area (Å²) in [6.07, 6.45) is 46.8. The maximum absolute atomic E-state index is 13.8. The van der Waals surface area contributed by atoms with Crippen molar-refractivity contribution in [3.63, 3.8) is 0 Å². The Morgan fingerprint density at radius 1 is 0.268 bits per heavy atom. The van der Waals surface area contributed by atoms with E-state index < -0.39 is 46.5 Å². The van der Waals surface area contributed by atoms with E-state index in [2.05, 4.69) is 49.0 Å². The number of nitrogens with one attached hydrogen (secondary N) is 4. The van der Waals surface area contributed by atoms with E-state index in [1.165, 1.54) is 192 Å². The van der Waals surface area contributed by atoms with E-state index in [9.17, 15) is 39.6 Å². The molecule has 8 N–H and O–H groups in total. The number of amides is 4. The number of carbonyl (C=O) groups excluding carboxylic acids is 4. The molecule has 0 spiro atoms. The molecular formula is C67H135N7O8. The number of aliphatic hydroxyl groups is 4. The normalized spacial score (nSPS) is 14.8. The zero-order chi connectivity index (χ0) is 61.2. The van der Waals surface area contributed by atoms with Gasteiger partial charge in [-0.25, -0.2) is 9.80 Å². The quantitative estimate of drug-likeness (QED) is 0.0212. The van der Waals surface area contributed by atoms with Crippen LogP contribution in [-0.2, 0) is 19.2 Å². The van der Waals surface area contributed by atoms with Gasteiger partial charge in [0.15, 0.2) is 22.9 Å². The molecule has 0 aromatic rings. The van der Waals surface area contributed by atoms with Gasteiger partial charge in [-0.1, -0.05) is 259 Å². The molecule has 0 aromatic heterocycles. The maximum atomic E-state index is 13.8. The van der Waals surface area contributed by atoms with Crippen molar-refractivity contribution in [1.29, 1.82) is 0 Å². The smallest absolute Gasteiger partial charge is 0.267 e. The van der Waals surface area contributed by atoms with Crippen LogP contribution >= 0.6 is 0 Å². The molecule has 0 aromatic carbocycles. The van der Waals surface area contributed by atoms with Crippen molar-refractivity contribution in [2.75, 3.05) is 59.4 Å². The van der Waals surface area contributed by atoms with Crippen molar-refractivity contribution in [3.8, 4) is 0 Å². The van der Waals surface area contributed by atoms with Crippen LogP contribution in [0.3, 0.4) is 0 Å². The summed E-state index contributed by atoms with van der Waals surface area (Å²) in [5.41, 5.74) is -8.91. The molecule has 15 heteroatoms. The third kappa shape index (κ3) is 37.9. The summed E-state index contributed by atoms with van der Waals surface area (Å²) in [7, 11) is 1.89. The van der Waals surface area contributed by atoms with E-state index >= 15 is 0 Å². The predicted octanol–water partition coefficient (Wildman–Crippen LogP) is 13.3. The highest BCUT2D eigenvalue weighted by Crippen LogP contribution is 2.26. The molecule has 0 radical (unpaired) electrons. The van der Waals surface area contributed by atoms with Crippen LogP contribution in [0.2, 0.25) is 0 Å². The molecule has 0 saturated carbocycles. The first-order valence-corrected chi connectivity index (χ1v) is 34.6. The van der Waals surface area contributed by atoms with E-state index in [0.717, 1.165) is 103 Å². The first-order valence-electron chi connectivity index (χ1n) is 34.6. The first-order chi connectivity index (χ1) is 39.3. The number of hydrogen-bond donors (Lipinski definition) is 8. The molecular weight excluding hydrogens is 1030 g/mol. The van der Waals surface area contributed by atoms with Crippen LogP contribution in [0.15, 0.2) is 0 Å². The molecule has 4 unspecified atom stereocenters. The topological polar surface area (TPSA) is 207 Å². The Hall–Kier alpha value is -2.40. The lowest BCUT2D eigenvalue weighted by Crippen LogP contribution is -2.69. The lowest BCUT2D eigenvalue weighted by molar-refractivity contribution is -0.216. The zero-order valence-corrected chi connectivity index (χ0v) is 55.1. The minimum Gasteiger partial charge on any atom is -0.367 e. The highest BCUT2D eigenvalue weighted by atomic mass is 16.4. The lowest BCUT2D eigenvalue weighted by atomic mass is 10.0. The van der Waals surface area contributed by atoms with Gasteiger partial charge in [-0.3, -0.25) is 19.2 Å². The number of unbranched alkanes of at least 4 members (excludes halogenated alkanes) is 36.